The van der Waals surface area contributed by atoms with E-state index in [0.717, 1.165) is 60.9 Å². The first-order valence-corrected chi connectivity index (χ1v) is 18.9. The third kappa shape index (κ3) is 5.87. The summed E-state index contributed by atoms with van der Waals surface area (Å²) in [6, 6.07) is 55.5. The Labute approximate surface area is 344 Å². The molecule has 0 amide bonds. The number of benzene rings is 7. The van der Waals surface area contributed by atoms with E-state index in [1.807, 2.05) is 78.3 Å². The number of para-hydroxylation sites is 3. The number of pyridine rings is 1. The predicted octanol–water partition coefficient (Wildman–Crippen LogP) is 13.3. The van der Waals surface area contributed by atoms with Gasteiger partial charge in [0.25, 0.3) is 0 Å². The molecule has 7 aromatic carbocycles. The standard InChI is InChI=1S/C48H27F2N4OS.Pt/c49-31-19-22-42(40(50)26-31)53-29-52(43-15-4-5-16-44(43)53)32-24-30(35-12-9-13-39-38-11-2-6-17-46(38)56-48(35)39)25-34(27-32)55-33-20-21-37-36-10-1-3-14-41(36)54(45(37)28-33)47-18-7-8-23-51-47;/h1-26,29H;/q-3;. The molecule has 0 unspecified atom stereocenters. The number of rotatable bonds is 6. The number of hydrogen-bond acceptors (Lipinski definition) is 5. The van der Waals surface area contributed by atoms with Crippen LogP contribution >= 0.6 is 11.3 Å². The van der Waals surface area contributed by atoms with Crippen molar-refractivity contribution >= 4 is 76.1 Å². The van der Waals surface area contributed by atoms with Crippen LogP contribution in [0, 0.1) is 30.4 Å². The molecule has 3 aromatic heterocycles. The van der Waals surface area contributed by atoms with E-state index in [4.69, 9.17) is 4.74 Å². The molecule has 4 heterocycles. The molecule has 9 heteroatoms. The van der Waals surface area contributed by atoms with Crippen LogP contribution in [0.3, 0.4) is 0 Å². The fourth-order valence-electron chi connectivity index (χ4n) is 7.79. The zero-order valence-electron chi connectivity index (χ0n) is 29.8. The van der Waals surface area contributed by atoms with Crippen LogP contribution in [-0.4, -0.2) is 9.55 Å². The SMILES string of the molecule is Fc1ccc(N2[CH-]N(c3[c-]c(Oc4[c-]c5c(cc4)c4ccccc4n5-c4ccccn4)cc(-c4cccc5c4sc4ccccc45)c3)c3ccccc32)c(F)c1.[Pt]. The number of ether oxygens (including phenoxy) is 1. The van der Waals surface area contributed by atoms with E-state index in [1.54, 1.807) is 22.4 Å². The summed E-state index contributed by atoms with van der Waals surface area (Å²) in [7, 11) is 0. The van der Waals surface area contributed by atoms with E-state index >= 15 is 4.39 Å². The first kappa shape index (κ1) is 35.1. The van der Waals surface area contributed by atoms with Crippen molar-refractivity contribution in [3.8, 4) is 28.4 Å². The van der Waals surface area contributed by atoms with Crippen molar-refractivity contribution in [1.29, 1.82) is 0 Å². The van der Waals surface area contributed by atoms with Crippen LogP contribution in [-0.2, 0) is 21.1 Å². The molecule has 11 rings (SSSR count). The van der Waals surface area contributed by atoms with Crippen LogP contribution in [0.1, 0.15) is 0 Å². The quantitative estimate of drug-likeness (QED) is 0.156. The van der Waals surface area contributed by atoms with Crippen LogP contribution in [0.5, 0.6) is 11.5 Å². The van der Waals surface area contributed by atoms with E-state index in [9.17, 15) is 4.39 Å². The van der Waals surface area contributed by atoms with Crippen molar-refractivity contribution in [3.05, 3.63) is 188 Å². The minimum absolute atomic E-state index is 0. The molecule has 0 saturated heterocycles. The van der Waals surface area contributed by atoms with Crippen LogP contribution in [0.25, 0.3) is 58.9 Å². The summed E-state index contributed by atoms with van der Waals surface area (Å²) in [5.74, 6) is 0.473. The van der Waals surface area contributed by atoms with Gasteiger partial charge in [-0.2, -0.15) is 6.07 Å². The second kappa shape index (κ2) is 14.0. The third-order valence-corrected chi connectivity index (χ3v) is 11.5. The molecule has 278 valence electrons. The topological polar surface area (TPSA) is 33.5 Å². The molecule has 57 heavy (non-hydrogen) atoms. The molecule has 1 aliphatic rings. The number of hydrogen-bond donors (Lipinski definition) is 0. The van der Waals surface area contributed by atoms with Gasteiger partial charge in [-0.15, -0.1) is 65.0 Å². The van der Waals surface area contributed by atoms with Crippen LogP contribution in [0.15, 0.2) is 158 Å². The molecule has 0 atom stereocenters. The van der Waals surface area contributed by atoms with Crippen molar-refractivity contribution in [2.45, 2.75) is 0 Å². The third-order valence-electron chi connectivity index (χ3n) is 10.3. The molecule has 1 aliphatic heterocycles. The Balaban J connectivity index is 0.00000396. The van der Waals surface area contributed by atoms with Gasteiger partial charge < -0.3 is 19.1 Å². The van der Waals surface area contributed by atoms with Gasteiger partial charge in [0.1, 0.15) is 17.5 Å². The van der Waals surface area contributed by atoms with E-state index in [-0.39, 0.29) is 26.8 Å². The Kier molecular flexibility index (Phi) is 8.62. The van der Waals surface area contributed by atoms with Gasteiger partial charge in [-0.25, -0.2) is 13.8 Å². The minimum atomic E-state index is -0.662. The summed E-state index contributed by atoms with van der Waals surface area (Å²) in [4.78, 5) is 8.37. The van der Waals surface area contributed by atoms with E-state index in [0.29, 0.717) is 17.2 Å². The maximum atomic E-state index is 15.3. The summed E-state index contributed by atoms with van der Waals surface area (Å²) in [6.45, 7) is 1.81. The number of halogens is 2. The Bertz CT molecular complexity index is 3160. The van der Waals surface area contributed by atoms with Gasteiger partial charge in [0.15, 0.2) is 0 Å². The normalized spacial score (nSPS) is 12.5. The van der Waals surface area contributed by atoms with Crippen LogP contribution < -0.4 is 14.5 Å². The second-order valence-corrected chi connectivity index (χ2v) is 14.6. The van der Waals surface area contributed by atoms with Gasteiger partial charge in [-0.3, -0.25) is 0 Å². The van der Waals surface area contributed by atoms with E-state index in [2.05, 4.69) is 88.4 Å². The molecule has 0 saturated carbocycles. The molecule has 10 aromatic rings. The molecular weight excluding hydrogens is 914 g/mol. The van der Waals surface area contributed by atoms with Crippen LogP contribution in [0.2, 0.25) is 0 Å². The zero-order chi connectivity index (χ0) is 37.3. The second-order valence-electron chi connectivity index (χ2n) is 13.6. The van der Waals surface area contributed by atoms with E-state index < -0.39 is 11.6 Å². The summed E-state index contributed by atoms with van der Waals surface area (Å²) >= 11 is 1.76. The number of anilines is 4. The summed E-state index contributed by atoms with van der Waals surface area (Å²) in [5.41, 5.74) is 6.29. The van der Waals surface area contributed by atoms with Crippen molar-refractivity contribution in [2.24, 2.45) is 0 Å². The Morgan fingerprint density at radius 1 is 0.614 bits per heavy atom. The van der Waals surface area contributed by atoms with Crippen molar-refractivity contribution in [3.63, 3.8) is 0 Å². The largest absolute Gasteiger partial charge is 0.509 e. The Hall–Kier alpha value is -6.34. The van der Waals surface area contributed by atoms with Gasteiger partial charge >= 0.3 is 0 Å². The zero-order valence-corrected chi connectivity index (χ0v) is 32.9. The molecule has 0 aliphatic carbocycles. The maximum absolute atomic E-state index is 15.3. The Morgan fingerprint density at radius 2 is 1.39 bits per heavy atom. The first-order chi connectivity index (χ1) is 27.6. The predicted molar refractivity (Wildman–Crippen MR) is 222 cm³/mol. The number of nitrogens with zero attached hydrogens (tertiary/aromatic N) is 4. The van der Waals surface area contributed by atoms with Crippen LogP contribution in [0.4, 0.5) is 31.5 Å². The van der Waals surface area contributed by atoms with Crippen molar-refractivity contribution in [2.75, 3.05) is 9.80 Å². The summed E-state index contributed by atoms with van der Waals surface area (Å²) in [5, 5.41) is 4.51. The monoisotopic (exact) mass is 940 g/mol. The number of thiophene rings is 1. The molecule has 0 radical (unpaired) electrons. The van der Waals surface area contributed by atoms with Crippen molar-refractivity contribution < 1.29 is 34.6 Å². The first-order valence-electron chi connectivity index (χ1n) is 18.1. The van der Waals surface area contributed by atoms with Crippen molar-refractivity contribution in [1.82, 2.24) is 9.55 Å². The van der Waals surface area contributed by atoms with Gasteiger partial charge in [-0.05, 0) is 59.5 Å². The maximum Gasteiger partial charge on any atom is 0.147 e. The fourth-order valence-corrected chi connectivity index (χ4v) is 9.03. The average molecular weight is 941 g/mol. The number of aromatic nitrogens is 2. The fraction of sp³-hybridized carbons (Fsp3) is 0. The minimum Gasteiger partial charge on any atom is -0.509 e. The molecule has 5 nitrogen and oxygen atoms in total. The van der Waals surface area contributed by atoms with Gasteiger partial charge in [0.2, 0.25) is 0 Å². The summed E-state index contributed by atoms with van der Waals surface area (Å²) < 4.78 is 40.5. The molecular formula is C48H27F2N4OPtS-3. The average Bonchev–Trinajstić information content (AvgIpc) is 3.91. The molecule has 0 fully saturated rings. The Morgan fingerprint density at radius 3 is 2.23 bits per heavy atom. The van der Waals surface area contributed by atoms with Gasteiger partial charge in [0, 0.05) is 87.6 Å². The number of fused-ring (bicyclic) bond motifs is 7. The van der Waals surface area contributed by atoms with E-state index in [1.165, 1.54) is 27.6 Å². The molecule has 0 N–H and O–H groups in total. The molecule has 0 bridgehead atoms. The smallest absolute Gasteiger partial charge is 0.147 e. The van der Waals surface area contributed by atoms with Gasteiger partial charge in [0.05, 0.1) is 0 Å². The van der Waals surface area contributed by atoms with Gasteiger partial charge in [-0.1, -0.05) is 78.3 Å². The molecule has 0 spiro atoms. The summed E-state index contributed by atoms with van der Waals surface area (Å²) in [6.07, 6.45) is 1.79.